The van der Waals surface area contributed by atoms with E-state index in [2.05, 4.69) is 11.9 Å². The Morgan fingerprint density at radius 1 is 1.38 bits per heavy atom. The Morgan fingerprint density at radius 3 is 2.83 bits per heavy atom. The highest BCUT2D eigenvalue weighted by Crippen LogP contribution is 2.46. The molecule has 1 aromatic carbocycles. The second kappa shape index (κ2) is 6.81. The second-order valence-corrected chi connectivity index (χ2v) is 6.46. The summed E-state index contributed by atoms with van der Waals surface area (Å²) < 4.78 is 5.24. The molecule has 0 saturated heterocycles. The Hall–Kier alpha value is -2.07. The van der Waals surface area contributed by atoms with E-state index < -0.39 is 11.8 Å². The van der Waals surface area contributed by atoms with Crippen LogP contribution in [0.15, 0.2) is 47.8 Å². The van der Waals surface area contributed by atoms with Gasteiger partial charge < -0.3 is 10.1 Å². The molecule has 0 spiro atoms. The van der Waals surface area contributed by atoms with E-state index in [-0.39, 0.29) is 18.4 Å². The first-order valence-corrected chi connectivity index (χ1v) is 8.55. The minimum Gasteiger partial charge on any atom is -0.465 e. The van der Waals surface area contributed by atoms with Crippen LogP contribution in [0, 0.1) is 5.92 Å². The van der Waals surface area contributed by atoms with Crippen molar-refractivity contribution in [2.75, 3.05) is 6.61 Å². The third kappa shape index (κ3) is 2.86. The van der Waals surface area contributed by atoms with Crippen molar-refractivity contribution in [2.45, 2.75) is 32.1 Å². The normalized spacial score (nSPS) is 23.6. The summed E-state index contributed by atoms with van der Waals surface area (Å²) in [7, 11) is 0. The Labute approximate surface area is 146 Å². The van der Waals surface area contributed by atoms with Gasteiger partial charge in [-0.15, -0.1) is 0 Å². The summed E-state index contributed by atoms with van der Waals surface area (Å²) in [5.74, 6) is -1.43. The molecule has 0 radical (unpaired) electrons. The fourth-order valence-corrected chi connectivity index (χ4v) is 3.82. The monoisotopic (exact) mass is 345 g/mol. The van der Waals surface area contributed by atoms with Crippen molar-refractivity contribution in [3.63, 3.8) is 0 Å². The Morgan fingerprint density at radius 2 is 2.12 bits per heavy atom. The van der Waals surface area contributed by atoms with Gasteiger partial charge in [0.15, 0.2) is 5.78 Å². The maximum Gasteiger partial charge on any atom is 0.315 e. The van der Waals surface area contributed by atoms with Crippen molar-refractivity contribution in [3.8, 4) is 0 Å². The summed E-state index contributed by atoms with van der Waals surface area (Å²) in [6.07, 6.45) is 2.07. The lowest BCUT2D eigenvalue weighted by atomic mass is 9.71. The molecule has 3 rings (SSSR count). The highest BCUT2D eigenvalue weighted by Gasteiger charge is 2.44. The van der Waals surface area contributed by atoms with Crippen LogP contribution in [0.25, 0.3) is 0 Å². The van der Waals surface area contributed by atoms with Gasteiger partial charge in [-0.25, -0.2) is 0 Å². The summed E-state index contributed by atoms with van der Waals surface area (Å²) >= 11 is 6.40. The van der Waals surface area contributed by atoms with Gasteiger partial charge in [0.25, 0.3) is 0 Å². The Bertz CT molecular complexity index is 738. The number of carbonyl (C=O) groups excluding carboxylic acids is 2. The molecule has 2 atom stereocenters. The van der Waals surface area contributed by atoms with E-state index in [9.17, 15) is 9.59 Å². The lowest BCUT2D eigenvalue weighted by molar-refractivity contribution is -0.147. The molecule has 1 aromatic rings. The summed E-state index contributed by atoms with van der Waals surface area (Å²) in [5, 5.41) is 3.72. The lowest BCUT2D eigenvalue weighted by Gasteiger charge is -2.38. The number of ether oxygens (including phenoxy) is 1. The summed E-state index contributed by atoms with van der Waals surface area (Å²) in [6.45, 7) is 6.06. The van der Waals surface area contributed by atoms with Crippen molar-refractivity contribution in [1.82, 2.24) is 5.32 Å². The van der Waals surface area contributed by atoms with Gasteiger partial charge in [0, 0.05) is 34.3 Å². The van der Waals surface area contributed by atoms with Crippen LogP contribution < -0.4 is 5.32 Å². The van der Waals surface area contributed by atoms with Gasteiger partial charge in [0.2, 0.25) is 0 Å². The molecule has 0 fully saturated rings. The summed E-state index contributed by atoms with van der Waals surface area (Å²) in [4.78, 5) is 25.2. The molecule has 1 N–H and O–H groups in total. The Kier molecular flexibility index (Phi) is 4.76. The molecule has 1 aliphatic heterocycles. The first-order valence-electron chi connectivity index (χ1n) is 8.17. The number of halogens is 1. The van der Waals surface area contributed by atoms with Gasteiger partial charge in [0.1, 0.15) is 5.92 Å². The first-order chi connectivity index (χ1) is 11.5. The van der Waals surface area contributed by atoms with E-state index >= 15 is 0 Å². The van der Waals surface area contributed by atoms with Crippen molar-refractivity contribution in [2.24, 2.45) is 5.92 Å². The summed E-state index contributed by atoms with van der Waals surface area (Å²) in [5.41, 5.74) is 2.84. The van der Waals surface area contributed by atoms with E-state index in [1.165, 1.54) is 0 Å². The summed E-state index contributed by atoms with van der Waals surface area (Å²) in [6, 6.07) is 7.34. The predicted octanol–water partition coefficient (Wildman–Crippen LogP) is 3.73. The van der Waals surface area contributed by atoms with Crippen LogP contribution in [0.3, 0.4) is 0 Å². The fraction of sp³-hybridized carbons (Fsp3) is 0.368. The lowest BCUT2D eigenvalue weighted by Crippen LogP contribution is -2.41. The van der Waals surface area contributed by atoms with Crippen molar-refractivity contribution < 1.29 is 14.3 Å². The molecule has 1 aliphatic carbocycles. The van der Waals surface area contributed by atoms with Crippen LogP contribution in [0.2, 0.25) is 5.02 Å². The molecule has 0 saturated carbocycles. The van der Waals surface area contributed by atoms with E-state index in [4.69, 9.17) is 16.3 Å². The second-order valence-electron chi connectivity index (χ2n) is 6.05. The average Bonchev–Trinajstić information content (AvgIpc) is 2.54. The number of rotatable bonds is 3. The number of nitrogens with one attached hydrogen (secondary N) is 1. The number of benzene rings is 1. The fourth-order valence-electron chi connectivity index (χ4n) is 3.57. The van der Waals surface area contributed by atoms with Crippen molar-refractivity contribution in [1.29, 1.82) is 0 Å². The van der Waals surface area contributed by atoms with Gasteiger partial charge in [-0.1, -0.05) is 36.4 Å². The maximum absolute atomic E-state index is 12.6. The average molecular weight is 346 g/mol. The molecule has 1 heterocycles. The maximum atomic E-state index is 12.6. The van der Waals surface area contributed by atoms with Gasteiger partial charge >= 0.3 is 5.97 Å². The number of esters is 1. The van der Waals surface area contributed by atoms with Crippen LogP contribution in [0.1, 0.15) is 37.7 Å². The molecule has 24 heavy (non-hydrogen) atoms. The number of allylic oxidation sites excluding steroid dienone is 2. The molecule has 0 amide bonds. The van der Waals surface area contributed by atoms with Crippen LogP contribution in [0.5, 0.6) is 0 Å². The first kappa shape index (κ1) is 16.8. The third-order valence-electron chi connectivity index (χ3n) is 4.57. The number of hydrogen-bond donors (Lipinski definition) is 1. The third-order valence-corrected chi connectivity index (χ3v) is 4.91. The SMILES string of the molecule is C=C1NC2=C(C(=O)CCC2)C(c2ccccc2Cl)C1C(=O)OCC. The van der Waals surface area contributed by atoms with E-state index in [0.29, 0.717) is 22.7 Å². The van der Waals surface area contributed by atoms with Crippen molar-refractivity contribution in [3.05, 3.63) is 58.4 Å². The van der Waals surface area contributed by atoms with E-state index in [0.717, 1.165) is 24.1 Å². The zero-order chi connectivity index (χ0) is 17.3. The molecule has 0 bridgehead atoms. The molecule has 5 heteroatoms. The van der Waals surface area contributed by atoms with E-state index in [1.807, 2.05) is 18.2 Å². The van der Waals surface area contributed by atoms with Crippen LogP contribution >= 0.6 is 11.6 Å². The van der Waals surface area contributed by atoms with Crippen molar-refractivity contribution >= 4 is 23.4 Å². The predicted molar refractivity (Wildman–Crippen MR) is 92.5 cm³/mol. The van der Waals surface area contributed by atoms with Gasteiger partial charge in [-0.05, 0) is 31.4 Å². The van der Waals surface area contributed by atoms with Crippen LogP contribution in [-0.2, 0) is 14.3 Å². The van der Waals surface area contributed by atoms with Gasteiger partial charge in [-0.2, -0.15) is 0 Å². The molecular weight excluding hydrogens is 326 g/mol. The van der Waals surface area contributed by atoms with Gasteiger partial charge in [0.05, 0.1) is 6.61 Å². The quantitative estimate of drug-likeness (QED) is 0.848. The number of carbonyl (C=O) groups is 2. The van der Waals surface area contributed by atoms with E-state index in [1.54, 1.807) is 13.0 Å². The molecular formula is C19H20ClNO3. The number of Topliss-reactive ketones (excluding diaryl/α,β-unsaturated/α-hetero) is 1. The molecule has 2 aliphatic rings. The molecule has 4 nitrogen and oxygen atoms in total. The minimum absolute atomic E-state index is 0.0652. The van der Waals surface area contributed by atoms with Crippen LogP contribution in [0.4, 0.5) is 0 Å². The van der Waals surface area contributed by atoms with Gasteiger partial charge in [-0.3, -0.25) is 9.59 Å². The zero-order valence-corrected chi connectivity index (χ0v) is 14.4. The molecule has 126 valence electrons. The topological polar surface area (TPSA) is 55.4 Å². The highest BCUT2D eigenvalue weighted by atomic mass is 35.5. The zero-order valence-electron chi connectivity index (χ0n) is 13.6. The standard InChI is InChI=1S/C19H20ClNO3/c1-3-24-19(23)16-11(2)21-14-9-6-10-15(22)18(14)17(16)12-7-4-5-8-13(12)20/h4-5,7-8,16-17,21H,2-3,6,9-10H2,1H3. The minimum atomic E-state index is -0.661. The Balaban J connectivity index is 2.17. The number of hydrogen-bond acceptors (Lipinski definition) is 4. The molecule has 0 aromatic heterocycles. The number of ketones is 1. The smallest absolute Gasteiger partial charge is 0.315 e. The molecule has 2 unspecified atom stereocenters. The van der Waals surface area contributed by atoms with Crippen LogP contribution in [-0.4, -0.2) is 18.4 Å². The largest absolute Gasteiger partial charge is 0.465 e. The highest BCUT2D eigenvalue weighted by molar-refractivity contribution is 6.31.